The van der Waals surface area contributed by atoms with Crippen molar-refractivity contribution < 1.29 is 19.6 Å². The molecule has 8 heteroatoms. The minimum atomic E-state index is -0.739. The Labute approximate surface area is 123 Å². The summed E-state index contributed by atoms with van der Waals surface area (Å²) in [7, 11) is 0. The summed E-state index contributed by atoms with van der Waals surface area (Å²) < 4.78 is 0. The van der Waals surface area contributed by atoms with Gasteiger partial charge in [0.05, 0.1) is 16.4 Å². The number of nitrogens with zero attached hydrogens (tertiary/aromatic N) is 2. The van der Waals surface area contributed by atoms with Crippen LogP contribution in [0.15, 0.2) is 23.1 Å². The van der Waals surface area contributed by atoms with Crippen LogP contribution in [0.3, 0.4) is 0 Å². The highest BCUT2D eigenvalue weighted by Gasteiger charge is 2.34. The Kier molecular flexibility index (Phi) is 3.95. The van der Waals surface area contributed by atoms with E-state index in [0.717, 1.165) is 11.0 Å². The summed E-state index contributed by atoms with van der Waals surface area (Å²) in [5.41, 5.74) is -0.401. The molecule has 1 saturated heterocycles. The lowest BCUT2D eigenvalue weighted by Crippen LogP contribution is -2.28. The van der Waals surface area contributed by atoms with Gasteiger partial charge in [-0.05, 0) is 17.8 Å². The number of imide groups is 1. The van der Waals surface area contributed by atoms with E-state index in [1.165, 1.54) is 18.2 Å². The molecule has 2 amide bonds. The number of thioether (sulfide) groups is 1. The molecule has 0 radical (unpaired) electrons. The van der Waals surface area contributed by atoms with Crippen molar-refractivity contribution in [3.63, 3.8) is 0 Å². The number of nitro benzene ring substituents is 1. The molecule has 106 valence electrons. The predicted octanol–water partition coefficient (Wildman–Crippen LogP) is 1.97. The van der Waals surface area contributed by atoms with Gasteiger partial charge in [-0.1, -0.05) is 18.1 Å². The highest BCUT2D eigenvalue weighted by Crippen LogP contribution is 2.36. The fraction of sp³-hybridized carbons (Fsp3) is 0.0769. The Bertz CT molecular complexity index is 720. The van der Waals surface area contributed by atoms with Crippen LogP contribution in [0.5, 0.6) is 5.75 Å². The first-order valence-corrected chi connectivity index (χ1v) is 6.42. The van der Waals surface area contributed by atoms with Crippen molar-refractivity contribution in [3.05, 3.63) is 38.8 Å². The zero-order valence-electron chi connectivity index (χ0n) is 10.5. The number of hydrogen-bond acceptors (Lipinski definition) is 6. The number of phenols is 1. The minimum Gasteiger partial charge on any atom is -0.502 e. The van der Waals surface area contributed by atoms with Crippen molar-refractivity contribution in [2.45, 2.75) is 0 Å². The summed E-state index contributed by atoms with van der Waals surface area (Å²) in [6.45, 7) is -0.150. The number of benzene rings is 1. The lowest BCUT2D eigenvalue weighted by atomic mass is 10.1. The number of terminal acetylenes is 1. The zero-order valence-corrected chi connectivity index (χ0v) is 11.3. The van der Waals surface area contributed by atoms with Crippen LogP contribution >= 0.6 is 11.8 Å². The Morgan fingerprint density at radius 1 is 1.48 bits per heavy atom. The maximum atomic E-state index is 11.9. The number of para-hydroxylation sites is 1. The molecule has 1 fully saturated rings. The number of rotatable bonds is 3. The van der Waals surface area contributed by atoms with Crippen LogP contribution in [0.2, 0.25) is 0 Å². The third kappa shape index (κ3) is 2.73. The molecule has 21 heavy (non-hydrogen) atoms. The number of nitro groups is 1. The smallest absolute Gasteiger partial charge is 0.311 e. The molecule has 1 N–H and O–H groups in total. The van der Waals surface area contributed by atoms with E-state index in [-0.39, 0.29) is 17.0 Å². The first kappa shape index (κ1) is 14.6. The second-order valence-electron chi connectivity index (χ2n) is 3.94. The zero-order chi connectivity index (χ0) is 15.6. The summed E-state index contributed by atoms with van der Waals surface area (Å²) >= 11 is 0.662. The second kappa shape index (κ2) is 5.68. The number of aromatic hydroxyl groups is 1. The van der Waals surface area contributed by atoms with Crippen LogP contribution in [0.25, 0.3) is 6.08 Å². The molecule has 0 saturated carbocycles. The normalized spacial score (nSPS) is 16.3. The van der Waals surface area contributed by atoms with Crippen LogP contribution in [0.1, 0.15) is 5.56 Å². The van der Waals surface area contributed by atoms with Crippen molar-refractivity contribution in [2.75, 3.05) is 6.54 Å². The monoisotopic (exact) mass is 304 g/mol. The number of phenolic OH excluding ortho intramolecular Hbond substituents is 1. The average Bonchev–Trinajstić information content (AvgIpc) is 2.69. The molecule has 0 spiro atoms. The molecule has 1 aliphatic heterocycles. The fourth-order valence-electron chi connectivity index (χ4n) is 1.68. The largest absolute Gasteiger partial charge is 0.502 e. The van der Waals surface area contributed by atoms with Gasteiger partial charge >= 0.3 is 5.69 Å². The lowest BCUT2D eigenvalue weighted by Gasteiger charge is -2.06. The number of carbonyl (C=O) groups excluding carboxylic acids is 2. The van der Waals surface area contributed by atoms with E-state index in [1.807, 2.05) is 0 Å². The van der Waals surface area contributed by atoms with Gasteiger partial charge in [0, 0.05) is 11.6 Å². The van der Waals surface area contributed by atoms with E-state index in [2.05, 4.69) is 5.92 Å². The molecule has 7 nitrogen and oxygen atoms in total. The molecule has 0 aliphatic carbocycles. The van der Waals surface area contributed by atoms with Gasteiger partial charge in [-0.2, -0.15) is 0 Å². The van der Waals surface area contributed by atoms with Gasteiger partial charge in [-0.25, -0.2) is 0 Å². The van der Waals surface area contributed by atoms with Crippen LogP contribution in [0, 0.1) is 22.5 Å². The number of carbonyl (C=O) groups is 2. The fourth-order valence-corrected chi connectivity index (χ4v) is 2.51. The maximum Gasteiger partial charge on any atom is 0.311 e. The van der Waals surface area contributed by atoms with E-state index in [4.69, 9.17) is 6.42 Å². The van der Waals surface area contributed by atoms with Gasteiger partial charge in [0.1, 0.15) is 0 Å². The molecule has 1 heterocycles. The van der Waals surface area contributed by atoms with Crippen LogP contribution in [0.4, 0.5) is 10.5 Å². The van der Waals surface area contributed by atoms with Gasteiger partial charge < -0.3 is 5.11 Å². The predicted molar refractivity (Wildman–Crippen MR) is 76.3 cm³/mol. The summed E-state index contributed by atoms with van der Waals surface area (Å²) in [5.74, 6) is 1.04. The lowest BCUT2D eigenvalue weighted by molar-refractivity contribution is -0.385. The van der Waals surface area contributed by atoms with Crippen LogP contribution in [-0.4, -0.2) is 32.6 Å². The van der Waals surface area contributed by atoms with Crippen LogP contribution in [-0.2, 0) is 4.79 Å². The second-order valence-corrected chi connectivity index (χ2v) is 4.94. The number of hydrogen-bond donors (Lipinski definition) is 1. The molecular formula is C13H8N2O5S. The Morgan fingerprint density at radius 3 is 2.81 bits per heavy atom. The van der Waals surface area contributed by atoms with Crippen molar-refractivity contribution in [1.29, 1.82) is 0 Å². The molecule has 0 atom stereocenters. The number of amides is 2. The average molecular weight is 304 g/mol. The van der Waals surface area contributed by atoms with Crippen molar-refractivity contribution in [1.82, 2.24) is 4.90 Å². The molecule has 1 aromatic rings. The van der Waals surface area contributed by atoms with E-state index < -0.39 is 27.5 Å². The van der Waals surface area contributed by atoms with Crippen molar-refractivity contribution in [2.24, 2.45) is 0 Å². The maximum absolute atomic E-state index is 11.9. The third-order valence-electron chi connectivity index (χ3n) is 2.65. The highest BCUT2D eigenvalue weighted by molar-refractivity contribution is 8.18. The van der Waals surface area contributed by atoms with Gasteiger partial charge in [0.15, 0.2) is 0 Å². The Balaban J connectivity index is 2.40. The quantitative estimate of drug-likeness (QED) is 0.396. The summed E-state index contributed by atoms with van der Waals surface area (Å²) in [4.78, 5) is 34.5. The van der Waals surface area contributed by atoms with E-state index in [0.29, 0.717) is 11.8 Å². The van der Waals surface area contributed by atoms with Crippen LogP contribution < -0.4 is 0 Å². The standard InChI is InChI=1S/C13H8N2O5S/c1-2-6-14-12(17)10(21-13(14)18)7-8-4-3-5-9(11(8)16)15(19)20/h1,3-5,7,16H,6H2/b10-7-. The van der Waals surface area contributed by atoms with Crippen molar-refractivity contribution in [3.8, 4) is 18.1 Å². The van der Waals surface area contributed by atoms with Gasteiger partial charge in [0.2, 0.25) is 5.75 Å². The molecule has 0 bridgehead atoms. The van der Waals surface area contributed by atoms with E-state index in [9.17, 15) is 24.8 Å². The molecule has 1 aliphatic rings. The van der Waals surface area contributed by atoms with Gasteiger partial charge in [-0.15, -0.1) is 6.42 Å². The SMILES string of the molecule is C#CCN1C(=O)S/C(=C\c2cccc([N+](=O)[O-])c2O)C1=O. The first-order valence-electron chi connectivity index (χ1n) is 5.61. The molecule has 2 rings (SSSR count). The Hall–Kier alpha value is -2.79. The first-order chi connectivity index (χ1) is 9.95. The van der Waals surface area contributed by atoms with E-state index >= 15 is 0 Å². The molecule has 0 unspecified atom stereocenters. The van der Waals surface area contributed by atoms with E-state index in [1.54, 1.807) is 0 Å². The molecule has 0 aromatic heterocycles. The minimum absolute atomic E-state index is 0.0473. The highest BCUT2D eigenvalue weighted by atomic mass is 32.2. The van der Waals surface area contributed by atoms with Gasteiger partial charge in [0.25, 0.3) is 11.1 Å². The van der Waals surface area contributed by atoms with Gasteiger partial charge in [-0.3, -0.25) is 24.6 Å². The Morgan fingerprint density at radius 2 is 2.19 bits per heavy atom. The topological polar surface area (TPSA) is 101 Å². The third-order valence-corrected chi connectivity index (χ3v) is 3.56. The molecular weight excluding hydrogens is 296 g/mol. The van der Waals surface area contributed by atoms with Crippen molar-refractivity contribution >= 4 is 34.7 Å². The molecule has 1 aromatic carbocycles. The summed E-state index contributed by atoms with van der Waals surface area (Å²) in [6.07, 6.45) is 6.29. The summed E-state index contributed by atoms with van der Waals surface area (Å²) in [5, 5.41) is 20.0. The summed E-state index contributed by atoms with van der Waals surface area (Å²) in [6, 6.07) is 3.91.